The van der Waals surface area contributed by atoms with Gasteiger partial charge in [0.1, 0.15) is 23.4 Å². The minimum atomic E-state index is -0.342. The normalized spacial score (nSPS) is 19.2. The van der Waals surface area contributed by atoms with Crippen LogP contribution in [0.4, 0.5) is 5.13 Å². The van der Waals surface area contributed by atoms with Gasteiger partial charge in [-0.25, -0.2) is 15.0 Å². The fourth-order valence-electron chi connectivity index (χ4n) is 2.61. The van der Waals surface area contributed by atoms with Gasteiger partial charge in [-0.2, -0.15) is 0 Å². The van der Waals surface area contributed by atoms with Gasteiger partial charge in [0.25, 0.3) is 0 Å². The van der Waals surface area contributed by atoms with Crippen molar-refractivity contribution >= 4 is 39.4 Å². The highest BCUT2D eigenvalue weighted by molar-refractivity contribution is 7.14. The molecule has 3 aromatic heterocycles. The number of methoxy groups -OCH3 is 1. The first-order valence-corrected chi connectivity index (χ1v) is 8.18. The average molecular weight is 345 g/mol. The quantitative estimate of drug-likeness (QED) is 0.701. The van der Waals surface area contributed by atoms with Crippen molar-refractivity contribution in [3.05, 3.63) is 24.0 Å². The Morgan fingerprint density at radius 2 is 2.29 bits per heavy atom. The number of hydrogen-bond donors (Lipinski definition) is 2. The lowest BCUT2D eigenvalue weighted by atomic mass is 10.2. The highest BCUT2D eigenvalue weighted by atomic mass is 32.1. The van der Waals surface area contributed by atoms with E-state index in [0.29, 0.717) is 22.9 Å². The highest BCUT2D eigenvalue weighted by Crippen LogP contribution is 2.40. The third-order valence-corrected chi connectivity index (χ3v) is 4.72. The predicted molar refractivity (Wildman–Crippen MR) is 89.4 cm³/mol. The molecule has 124 valence electrons. The number of carbonyl (C=O) groups is 2. The molecule has 0 aromatic carbocycles. The van der Waals surface area contributed by atoms with Gasteiger partial charge in [0.2, 0.25) is 5.91 Å². The van der Waals surface area contributed by atoms with E-state index in [4.69, 9.17) is 0 Å². The molecule has 24 heavy (non-hydrogen) atoms. The van der Waals surface area contributed by atoms with E-state index < -0.39 is 0 Å². The van der Waals surface area contributed by atoms with Crippen LogP contribution in [0.2, 0.25) is 0 Å². The van der Waals surface area contributed by atoms with Crippen molar-refractivity contribution in [2.75, 3.05) is 12.4 Å². The Balaban J connectivity index is 0.00000182. The molecule has 0 spiro atoms. The average Bonchev–Trinajstić information content (AvgIpc) is 3.02. The first kappa shape index (κ1) is 14.8. The Morgan fingerprint density at radius 3 is 3.12 bits per heavy atom. The van der Waals surface area contributed by atoms with Crippen LogP contribution in [-0.2, 0) is 14.3 Å². The number of fused-ring (bicyclic) bond motifs is 1. The summed E-state index contributed by atoms with van der Waals surface area (Å²) in [6.07, 6.45) is 3.78. The molecule has 2 atom stereocenters. The topological polar surface area (TPSA) is 110 Å². The molecule has 1 aliphatic rings. The van der Waals surface area contributed by atoms with E-state index in [1.54, 1.807) is 6.20 Å². The summed E-state index contributed by atoms with van der Waals surface area (Å²) in [5.41, 5.74) is 2.11. The number of hydrogen-bond acceptors (Lipinski definition) is 7. The van der Waals surface area contributed by atoms with Crippen molar-refractivity contribution in [1.82, 2.24) is 19.9 Å². The van der Waals surface area contributed by atoms with E-state index in [1.807, 2.05) is 11.4 Å². The van der Waals surface area contributed by atoms with Gasteiger partial charge in [0.05, 0.1) is 18.9 Å². The molecule has 9 heteroatoms. The van der Waals surface area contributed by atoms with Gasteiger partial charge in [-0.3, -0.25) is 9.59 Å². The van der Waals surface area contributed by atoms with Gasteiger partial charge in [-0.05, 0) is 12.5 Å². The van der Waals surface area contributed by atoms with Crippen molar-refractivity contribution < 1.29 is 15.8 Å². The van der Waals surface area contributed by atoms with Crippen molar-refractivity contribution in [3.8, 4) is 11.4 Å². The van der Waals surface area contributed by atoms with Crippen LogP contribution in [0, 0.1) is 11.8 Å². The second-order valence-electron chi connectivity index (χ2n) is 5.46. The molecule has 0 bridgehead atoms. The van der Waals surface area contributed by atoms with Gasteiger partial charge < -0.3 is 15.0 Å². The predicted octanol–water partition coefficient (Wildman–Crippen LogP) is 2.08. The van der Waals surface area contributed by atoms with Gasteiger partial charge in [0, 0.05) is 18.4 Å². The SMILES string of the molecule is COC(=O)[C@H]1C[C@H]1C(=O)Nc1nc(-c2ncnc3[nH]ccc23)cs1.[HH]. The van der Waals surface area contributed by atoms with Gasteiger partial charge in [0.15, 0.2) is 5.13 Å². The number of ether oxygens (including phenoxy) is 1. The number of thiazole rings is 1. The molecule has 8 nitrogen and oxygen atoms in total. The summed E-state index contributed by atoms with van der Waals surface area (Å²) in [5.74, 6) is -1.22. The van der Waals surface area contributed by atoms with Gasteiger partial charge >= 0.3 is 5.97 Å². The third-order valence-electron chi connectivity index (χ3n) is 3.96. The summed E-state index contributed by atoms with van der Waals surface area (Å²) < 4.78 is 4.65. The maximum Gasteiger partial charge on any atom is 0.309 e. The number of nitrogens with one attached hydrogen (secondary N) is 2. The van der Waals surface area contributed by atoms with Crippen LogP contribution in [0.3, 0.4) is 0 Å². The third kappa shape index (κ3) is 2.52. The molecule has 4 rings (SSSR count). The lowest BCUT2D eigenvalue weighted by Crippen LogP contribution is -2.17. The number of H-pyrrole nitrogens is 1. The second-order valence-corrected chi connectivity index (χ2v) is 6.32. The van der Waals surface area contributed by atoms with Crippen LogP contribution in [0.25, 0.3) is 22.4 Å². The Morgan fingerprint density at radius 1 is 1.42 bits per heavy atom. The fourth-order valence-corrected chi connectivity index (χ4v) is 3.31. The lowest BCUT2D eigenvalue weighted by molar-refractivity contribution is -0.143. The number of aromatic amines is 1. The molecule has 1 amide bonds. The van der Waals surface area contributed by atoms with E-state index in [-0.39, 0.29) is 25.1 Å². The summed E-state index contributed by atoms with van der Waals surface area (Å²) in [6, 6.07) is 1.88. The van der Waals surface area contributed by atoms with E-state index >= 15 is 0 Å². The first-order chi connectivity index (χ1) is 11.7. The summed E-state index contributed by atoms with van der Waals surface area (Å²) in [7, 11) is 1.33. The van der Waals surface area contributed by atoms with Crippen LogP contribution < -0.4 is 5.32 Å². The zero-order chi connectivity index (χ0) is 16.7. The zero-order valence-electron chi connectivity index (χ0n) is 12.6. The number of rotatable bonds is 4. The molecule has 0 radical (unpaired) electrons. The standard InChI is InChI=1S/C15H13N5O3S.H2/c1-23-14(22)9-4-8(9)13(21)20-15-19-10(5-24-15)11-7-2-3-16-12(7)18-6-17-11;/h2-3,5-6,8-9H,4H2,1H3,(H,16,17,18)(H,19,20,21);1H/t8-,9+;/m1./s1. The molecule has 3 aromatic rings. The van der Waals surface area contributed by atoms with Crippen LogP contribution in [0.15, 0.2) is 24.0 Å². The fraction of sp³-hybridized carbons (Fsp3) is 0.267. The van der Waals surface area contributed by atoms with E-state index in [2.05, 4.69) is 30.0 Å². The monoisotopic (exact) mass is 345 g/mol. The molecule has 1 aliphatic carbocycles. The largest absolute Gasteiger partial charge is 0.469 e. The van der Waals surface area contributed by atoms with Crippen LogP contribution in [0.5, 0.6) is 0 Å². The Hall–Kier alpha value is -2.81. The molecule has 3 heterocycles. The van der Waals surface area contributed by atoms with Crippen LogP contribution in [-0.4, -0.2) is 38.9 Å². The van der Waals surface area contributed by atoms with Crippen molar-refractivity contribution in [2.24, 2.45) is 11.8 Å². The molecular formula is C15H15N5O3S. The molecule has 0 aliphatic heterocycles. The van der Waals surface area contributed by atoms with E-state index in [9.17, 15) is 9.59 Å². The molecule has 1 fully saturated rings. The minimum absolute atomic E-state index is 0. The molecular weight excluding hydrogens is 330 g/mol. The number of esters is 1. The number of anilines is 1. The molecule has 1 saturated carbocycles. The van der Waals surface area contributed by atoms with Gasteiger partial charge in [-0.15, -0.1) is 11.3 Å². The summed E-state index contributed by atoms with van der Waals surface area (Å²) in [6.45, 7) is 0. The van der Waals surface area contributed by atoms with Crippen LogP contribution in [0.1, 0.15) is 7.85 Å². The smallest absolute Gasteiger partial charge is 0.309 e. The van der Waals surface area contributed by atoms with Crippen LogP contribution >= 0.6 is 11.3 Å². The van der Waals surface area contributed by atoms with Crippen molar-refractivity contribution in [1.29, 1.82) is 0 Å². The van der Waals surface area contributed by atoms with Crippen molar-refractivity contribution in [2.45, 2.75) is 6.42 Å². The highest BCUT2D eigenvalue weighted by Gasteiger charge is 2.49. The van der Waals surface area contributed by atoms with E-state index in [1.165, 1.54) is 24.8 Å². The first-order valence-electron chi connectivity index (χ1n) is 7.30. The molecule has 0 saturated heterocycles. The number of aromatic nitrogens is 4. The zero-order valence-corrected chi connectivity index (χ0v) is 13.5. The lowest BCUT2D eigenvalue weighted by Gasteiger charge is -2.00. The van der Waals surface area contributed by atoms with E-state index in [0.717, 1.165) is 11.0 Å². The maximum absolute atomic E-state index is 12.1. The summed E-state index contributed by atoms with van der Waals surface area (Å²) in [5, 5.41) is 5.93. The Kier molecular flexibility index (Phi) is 3.49. The van der Waals surface area contributed by atoms with Crippen molar-refractivity contribution in [3.63, 3.8) is 0 Å². The van der Waals surface area contributed by atoms with Gasteiger partial charge in [-0.1, -0.05) is 0 Å². The molecule has 2 N–H and O–H groups in total. The number of nitrogens with zero attached hydrogens (tertiary/aromatic N) is 3. The Labute approximate surface area is 141 Å². The Bertz CT molecular complexity index is 940. The number of carbonyl (C=O) groups excluding carboxylic acids is 2. The maximum atomic E-state index is 12.1. The minimum Gasteiger partial charge on any atom is -0.469 e. The summed E-state index contributed by atoms with van der Waals surface area (Å²) in [4.78, 5) is 39.4. The second kappa shape index (κ2) is 5.68. The number of amides is 1. The summed E-state index contributed by atoms with van der Waals surface area (Å²) >= 11 is 1.31. The molecule has 0 unspecified atom stereocenters.